The third kappa shape index (κ3) is 6.02. The molecule has 0 bridgehead atoms. The number of imide groups is 2. The molecule has 63 heavy (non-hydrogen) atoms. The molecule has 3 fully saturated rings. The highest BCUT2D eigenvalue weighted by molar-refractivity contribution is 9.10. The zero-order valence-electron chi connectivity index (χ0n) is 34.4. The lowest BCUT2D eigenvalue weighted by Crippen LogP contribution is -2.49. The fourth-order valence-electron chi connectivity index (χ4n) is 10.5. The van der Waals surface area contributed by atoms with Crippen LogP contribution < -0.4 is 19.4 Å². The quantitative estimate of drug-likeness (QED) is 0.0677. The van der Waals surface area contributed by atoms with Gasteiger partial charge in [0, 0.05) is 55.0 Å². The molecule has 6 atom stereocenters. The SMILES string of the molecule is COc1cc(C2C3=CCC4C(=O)N(c5cc([N+](=O)[O-])c(N(C)C)c([N+](=O)[O-])c5)C(=O)C4C3CC3C(=O)N(c4cc(-c5sc6ccc(Cl)cc6c5C)nn4C)C(=O)C32C)cc(Br)c1O. The van der Waals surface area contributed by atoms with Crippen molar-refractivity contribution in [3.8, 4) is 22.1 Å². The van der Waals surface area contributed by atoms with E-state index in [1.54, 1.807) is 38.2 Å². The standard InChI is InChI=1S/C43H37BrClN7O10S/c1-18-24-13-20(45)7-10-32(24)63-38(18)28-17-33(48(5)46-28)50-40(55)26-16-25-22(35(43(26,2)42(50)57)19-11-27(44)37(53)31(12-19)62-6)8-9-23-34(25)41(56)49(39(23)54)21-14-29(51(58)59)36(47(3)4)30(15-21)52(60)61/h7-8,10-15,17,23,25-26,34-35,53H,9,16H2,1-6H3. The number of nitro benzene ring substituents is 2. The maximum atomic E-state index is 15.3. The van der Waals surface area contributed by atoms with Crippen LogP contribution in [-0.4, -0.2) is 69.6 Å². The van der Waals surface area contributed by atoms with Gasteiger partial charge >= 0.3 is 11.4 Å². The first-order valence-electron chi connectivity index (χ1n) is 19.7. The number of ether oxygens (including phenoxy) is 1. The summed E-state index contributed by atoms with van der Waals surface area (Å²) in [4.78, 5) is 86.4. The van der Waals surface area contributed by atoms with Crippen LogP contribution in [0.3, 0.4) is 0 Å². The lowest BCUT2D eigenvalue weighted by molar-refractivity contribution is -0.392. The number of thiophene rings is 1. The van der Waals surface area contributed by atoms with Crippen molar-refractivity contribution in [1.82, 2.24) is 9.78 Å². The molecule has 20 heteroatoms. The van der Waals surface area contributed by atoms with Gasteiger partial charge < -0.3 is 14.7 Å². The number of carbonyl (C=O) groups is 4. The predicted octanol–water partition coefficient (Wildman–Crippen LogP) is 8.06. The molecule has 2 aliphatic carbocycles. The molecule has 0 spiro atoms. The molecule has 1 saturated carbocycles. The molecule has 2 aliphatic heterocycles. The Morgan fingerprint density at radius 2 is 1.67 bits per heavy atom. The number of aryl methyl sites for hydroxylation is 2. The summed E-state index contributed by atoms with van der Waals surface area (Å²) in [6.07, 6.45) is 1.83. The fourth-order valence-corrected chi connectivity index (χ4v) is 12.2. The summed E-state index contributed by atoms with van der Waals surface area (Å²) in [5.41, 5.74) is -0.858. The van der Waals surface area contributed by atoms with E-state index in [-0.39, 0.29) is 46.0 Å². The van der Waals surface area contributed by atoms with Crippen molar-refractivity contribution in [1.29, 1.82) is 0 Å². The molecule has 17 nitrogen and oxygen atoms in total. The number of halogens is 2. The van der Waals surface area contributed by atoms with Crippen LogP contribution in [0.15, 0.2) is 64.7 Å². The molecular weight excluding hydrogens is 922 g/mol. The van der Waals surface area contributed by atoms with Gasteiger partial charge in [-0.1, -0.05) is 23.3 Å². The predicted molar refractivity (Wildman–Crippen MR) is 237 cm³/mol. The highest BCUT2D eigenvalue weighted by atomic mass is 79.9. The summed E-state index contributed by atoms with van der Waals surface area (Å²) in [6.45, 7) is 3.67. The number of fused-ring (bicyclic) bond motifs is 5. The summed E-state index contributed by atoms with van der Waals surface area (Å²) in [6, 6.07) is 12.5. The number of phenols is 1. The number of anilines is 3. The molecule has 5 aromatic rings. The Morgan fingerprint density at radius 1 is 0.984 bits per heavy atom. The third-order valence-corrected chi connectivity index (χ3v) is 15.4. The van der Waals surface area contributed by atoms with Crippen molar-refractivity contribution in [2.45, 2.75) is 32.6 Å². The van der Waals surface area contributed by atoms with Crippen LogP contribution in [-0.2, 0) is 26.2 Å². The summed E-state index contributed by atoms with van der Waals surface area (Å²) >= 11 is 11.2. The van der Waals surface area contributed by atoms with E-state index in [4.69, 9.17) is 21.4 Å². The van der Waals surface area contributed by atoms with E-state index in [2.05, 4.69) is 15.9 Å². The van der Waals surface area contributed by atoms with E-state index in [0.29, 0.717) is 21.9 Å². The van der Waals surface area contributed by atoms with Gasteiger partial charge in [-0.25, -0.2) is 9.80 Å². The summed E-state index contributed by atoms with van der Waals surface area (Å²) in [5.74, 6) is -7.18. The molecule has 2 aromatic heterocycles. The monoisotopic (exact) mass is 957 g/mol. The first-order valence-corrected chi connectivity index (χ1v) is 21.7. The molecule has 3 aromatic carbocycles. The second kappa shape index (κ2) is 14.7. The van der Waals surface area contributed by atoms with E-state index in [0.717, 1.165) is 42.5 Å². The fraction of sp³-hybridized carbons (Fsp3) is 0.326. The number of hydrogen-bond acceptors (Lipinski definition) is 13. The van der Waals surface area contributed by atoms with Crippen LogP contribution in [0.25, 0.3) is 20.7 Å². The van der Waals surface area contributed by atoms with Gasteiger partial charge in [0.15, 0.2) is 17.2 Å². The van der Waals surface area contributed by atoms with Gasteiger partial charge in [-0.3, -0.25) is 44.1 Å². The topological polar surface area (TPSA) is 212 Å². The Hall–Kier alpha value is -6.18. The molecule has 1 N–H and O–H groups in total. The maximum absolute atomic E-state index is 15.3. The van der Waals surface area contributed by atoms with Gasteiger partial charge in [-0.15, -0.1) is 11.3 Å². The maximum Gasteiger partial charge on any atom is 0.301 e. The number of allylic oxidation sites excluding steroid dienone is 2. The lowest BCUT2D eigenvalue weighted by atomic mass is 9.51. The summed E-state index contributed by atoms with van der Waals surface area (Å²) in [5, 5.41) is 41.7. The molecule has 2 saturated heterocycles. The number of nitrogens with zero attached hydrogens (tertiary/aromatic N) is 7. The van der Waals surface area contributed by atoms with Crippen molar-refractivity contribution in [3.63, 3.8) is 0 Å². The van der Waals surface area contributed by atoms with Crippen molar-refractivity contribution < 1.29 is 38.9 Å². The minimum Gasteiger partial charge on any atom is -0.503 e. The van der Waals surface area contributed by atoms with Gasteiger partial charge in [0.25, 0.3) is 0 Å². The lowest BCUT2D eigenvalue weighted by Gasteiger charge is -2.49. The van der Waals surface area contributed by atoms with Gasteiger partial charge in [-0.05, 0) is 95.4 Å². The molecular formula is C43H37BrClN7O10S. The van der Waals surface area contributed by atoms with Gasteiger partial charge in [0.2, 0.25) is 23.6 Å². The smallest absolute Gasteiger partial charge is 0.301 e. The number of nitro groups is 2. The average Bonchev–Trinajstić information content (AvgIpc) is 3.91. The van der Waals surface area contributed by atoms with Crippen LogP contribution in [0.5, 0.6) is 11.5 Å². The summed E-state index contributed by atoms with van der Waals surface area (Å²) in [7, 11) is 5.84. The molecule has 6 unspecified atom stereocenters. The van der Waals surface area contributed by atoms with Crippen LogP contribution in [0.4, 0.5) is 28.6 Å². The van der Waals surface area contributed by atoms with Crippen LogP contribution in [0.2, 0.25) is 5.02 Å². The zero-order chi connectivity index (χ0) is 45.3. The third-order valence-electron chi connectivity index (χ3n) is 13.2. The van der Waals surface area contributed by atoms with Crippen molar-refractivity contribution >= 4 is 101 Å². The highest BCUT2D eigenvalue weighted by Gasteiger charge is 2.68. The van der Waals surface area contributed by atoms with Gasteiger partial charge in [0.05, 0.1) is 55.2 Å². The number of benzene rings is 3. The molecule has 324 valence electrons. The normalized spacial score (nSPS) is 24.1. The number of rotatable bonds is 8. The average molecular weight is 959 g/mol. The van der Waals surface area contributed by atoms with Crippen molar-refractivity contribution in [2.75, 3.05) is 35.9 Å². The van der Waals surface area contributed by atoms with Crippen LogP contribution >= 0.6 is 38.9 Å². The Labute approximate surface area is 375 Å². The zero-order valence-corrected chi connectivity index (χ0v) is 37.6. The number of phenolic OH excluding ortho intramolecular Hbond substituents is 1. The molecule has 4 aliphatic rings. The first-order chi connectivity index (χ1) is 29.8. The largest absolute Gasteiger partial charge is 0.503 e. The second-order valence-electron chi connectivity index (χ2n) is 16.7. The second-order valence-corrected chi connectivity index (χ2v) is 19.0. The van der Waals surface area contributed by atoms with Crippen LogP contribution in [0.1, 0.15) is 36.8 Å². The van der Waals surface area contributed by atoms with E-state index in [1.807, 2.05) is 25.1 Å². The number of methoxy groups -OCH3 is 1. The Morgan fingerprint density at radius 3 is 2.30 bits per heavy atom. The van der Waals surface area contributed by atoms with Crippen molar-refractivity contribution in [3.05, 3.63) is 101 Å². The highest BCUT2D eigenvalue weighted by Crippen LogP contribution is 2.64. The summed E-state index contributed by atoms with van der Waals surface area (Å²) < 4.78 is 8.25. The van der Waals surface area contributed by atoms with E-state index >= 15 is 9.59 Å². The molecule has 4 heterocycles. The Balaban J connectivity index is 1.17. The molecule has 0 radical (unpaired) electrons. The van der Waals surface area contributed by atoms with E-state index < -0.39 is 79.9 Å². The number of aromatic nitrogens is 2. The van der Waals surface area contributed by atoms with Crippen molar-refractivity contribution in [2.24, 2.45) is 36.1 Å². The number of carbonyl (C=O) groups excluding carboxylic acids is 4. The Kier molecular flexibility index (Phi) is 9.83. The molecule has 4 amide bonds. The van der Waals surface area contributed by atoms with Crippen LogP contribution in [0, 0.1) is 56.2 Å². The number of hydrogen-bond donors (Lipinski definition) is 1. The van der Waals surface area contributed by atoms with E-state index in [9.17, 15) is 34.9 Å². The minimum atomic E-state index is -1.48. The minimum absolute atomic E-state index is 0.0227. The van der Waals surface area contributed by atoms with Gasteiger partial charge in [-0.2, -0.15) is 5.10 Å². The van der Waals surface area contributed by atoms with E-state index in [1.165, 1.54) is 42.1 Å². The van der Waals surface area contributed by atoms with Gasteiger partial charge in [0.1, 0.15) is 11.5 Å². The molecule has 9 rings (SSSR count). The Bertz CT molecular complexity index is 2930. The first kappa shape index (κ1) is 42.1. The number of aromatic hydroxyl groups is 1. The number of amides is 4.